The predicted molar refractivity (Wildman–Crippen MR) is 85.1 cm³/mol. The Morgan fingerprint density at radius 3 is 2.46 bits per heavy atom. The third-order valence-corrected chi connectivity index (χ3v) is 4.40. The molecule has 0 saturated heterocycles. The maximum absolute atomic E-state index is 13.2. The van der Waals surface area contributed by atoms with Crippen LogP contribution in [0, 0.1) is 0 Å². The molecule has 0 aliphatic carbocycles. The van der Waals surface area contributed by atoms with Crippen molar-refractivity contribution in [1.82, 2.24) is 14.1 Å². The number of hydrogen-bond donors (Lipinski definition) is 0. The van der Waals surface area contributed by atoms with Gasteiger partial charge in [-0.2, -0.15) is 8.42 Å². The molecule has 0 aliphatic rings. The molecule has 0 atom stereocenters. The van der Waals surface area contributed by atoms with Gasteiger partial charge in [-0.3, -0.25) is 13.9 Å². The average Bonchev–Trinajstić information content (AvgIpc) is 2.56. The fraction of sp³-hybridized carbons (Fsp3) is 0.133. The van der Waals surface area contributed by atoms with Crippen LogP contribution in [0.15, 0.2) is 57.1 Å². The van der Waals surface area contributed by atoms with Crippen LogP contribution in [0.4, 0.5) is 3.89 Å². The minimum atomic E-state index is -5.00. The minimum absolute atomic E-state index is 0.000599. The summed E-state index contributed by atoms with van der Waals surface area (Å²) in [5.74, 6) is 0. The second-order valence-electron chi connectivity index (χ2n) is 5.20. The highest BCUT2D eigenvalue weighted by atomic mass is 32.3. The highest BCUT2D eigenvalue weighted by molar-refractivity contribution is 7.86. The standard InChI is InChI=1S/C15H12FN3O4S/c1-18-14(20)12-7-11(24(16,22)23)8-17-13(12)19(15(18)21)9-10-5-3-2-4-6-10/h2-8H,9H2,1H3. The third-order valence-electron chi connectivity index (χ3n) is 3.62. The molecule has 0 unspecified atom stereocenters. The molecule has 0 radical (unpaired) electrons. The van der Waals surface area contributed by atoms with Crippen molar-refractivity contribution in [2.24, 2.45) is 7.05 Å². The smallest absolute Gasteiger partial charge is 0.273 e. The number of rotatable bonds is 3. The fourth-order valence-electron chi connectivity index (χ4n) is 2.39. The molecule has 2 heterocycles. The Balaban J connectivity index is 2.33. The summed E-state index contributed by atoms with van der Waals surface area (Å²) in [7, 11) is -3.74. The summed E-state index contributed by atoms with van der Waals surface area (Å²) >= 11 is 0. The van der Waals surface area contributed by atoms with Gasteiger partial charge in [-0.25, -0.2) is 9.78 Å². The molecule has 0 aliphatic heterocycles. The summed E-state index contributed by atoms with van der Waals surface area (Å²) in [5, 5.41) is -0.147. The first-order valence-corrected chi connectivity index (χ1v) is 8.25. The topological polar surface area (TPSA) is 91.0 Å². The molecule has 3 rings (SSSR count). The van der Waals surface area contributed by atoms with E-state index in [9.17, 15) is 21.9 Å². The molecular formula is C15H12FN3O4S. The zero-order valence-electron chi connectivity index (χ0n) is 12.5. The molecule has 24 heavy (non-hydrogen) atoms. The highest BCUT2D eigenvalue weighted by Gasteiger charge is 2.18. The number of benzene rings is 1. The molecule has 124 valence electrons. The first-order valence-electron chi connectivity index (χ1n) is 6.87. The SMILES string of the molecule is Cn1c(=O)c2cc(S(=O)(=O)F)cnc2n(Cc2ccccc2)c1=O. The normalized spacial score (nSPS) is 11.8. The summed E-state index contributed by atoms with van der Waals surface area (Å²) in [6, 6.07) is 9.90. The Morgan fingerprint density at radius 1 is 1.17 bits per heavy atom. The second kappa shape index (κ2) is 5.68. The summed E-state index contributed by atoms with van der Waals surface area (Å²) in [6.07, 6.45) is 0.790. The van der Waals surface area contributed by atoms with Gasteiger partial charge in [0.15, 0.2) is 0 Å². The molecule has 1 aromatic carbocycles. The van der Waals surface area contributed by atoms with Crippen LogP contribution in [0.1, 0.15) is 5.56 Å². The van der Waals surface area contributed by atoms with E-state index < -0.39 is 26.4 Å². The molecule has 0 saturated carbocycles. The molecule has 0 amide bonds. The van der Waals surface area contributed by atoms with E-state index in [1.54, 1.807) is 24.3 Å². The molecule has 7 nitrogen and oxygen atoms in total. The van der Waals surface area contributed by atoms with Crippen molar-refractivity contribution in [3.63, 3.8) is 0 Å². The highest BCUT2D eigenvalue weighted by Crippen LogP contribution is 2.15. The Morgan fingerprint density at radius 2 is 1.83 bits per heavy atom. The largest absolute Gasteiger partial charge is 0.333 e. The van der Waals surface area contributed by atoms with Gasteiger partial charge >= 0.3 is 15.9 Å². The van der Waals surface area contributed by atoms with Crippen LogP contribution >= 0.6 is 0 Å². The van der Waals surface area contributed by atoms with Gasteiger partial charge in [0, 0.05) is 7.05 Å². The quantitative estimate of drug-likeness (QED) is 0.653. The molecule has 0 N–H and O–H groups in total. The second-order valence-corrected chi connectivity index (χ2v) is 6.55. The molecule has 0 bridgehead atoms. The van der Waals surface area contributed by atoms with Gasteiger partial charge in [0.2, 0.25) is 0 Å². The van der Waals surface area contributed by atoms with Gasteiger partial charge in [-0.15, -0.1) is 3.89 Å². The summed E-state index contributed by atoms with van der Waals surface area (Å²) in [6.45, 7) is 0.138. The lowest BCUT2D eigenvalue weighted by Crippen LogP contribution is -2.38. The number of halogens is 1. The lowest BCUT2D eigenvalue weighted by Gasteiger charge is -2.11. The van der Waals surface area contributed by atoms with Crippen LogP contribution in [0.2, 0.25) is 0 Å². The Labute approximate surface area is 135 Å². The van der Waals surface area contributed by atoms with E-state index in [4.69, 9.17) is 0 Å². The van der Waals surface area contributed by atoms with E-state index in [1.165, 1.54) is 11.6 Å². The maximum Gasteiger partial charge on any atom is 0.333 e. The summed E-state index contributed by atoms with van der Waals surface area (Å²) < 4.78 is 37.3. The molecule has 3 aromatic rings. The third kappa shape index (κ3) is 2.73. The van der Waals surface area contributed by atoms with Gasteiger partial charge in [-0.1, -0.05) is 30.3 Å². The lowest BCUT2D eigenvalue weighted by molar-refractivity contribution is 0.551. The lowest BCUT2D eigenvalue weighted by atomic mass is 10.2. The molecule has 9 heteroatoms. The van der Waals surface area contributed by atoms with Crippen LogP contribution in [0.25, 0.3) is 11.0 Å². The molecular weight excluding hydrogens is 337 g/mol. The monoisotopic (exact) mass is 349 g/mol. The van der Waals surface area contributed by atoms with E-state index in [-0.39, 0.29) is 17.6 Å². The predicted octanol–water partition coefficient (Wildman–Crippen LogP) is 0.802. The maximum atomic E-state index is 13.2. The van der Waals surface area contributed by atoms with Crippen LogP contribution in [-0.2, 0) is 23.8 Å². The zero-order chi connectivity index (χ0) is 17.5. The summed E-state index contributed by atoms with van der Waals surface area (Å²) in [4.78, 5) is 27.7. The zero-order valence-corrected chi connectivity index (χ0v) is 13.3. The first-order chi connectivity index (χ1) is 11.3. The van der Waals surface area contributed by atoms with Crippen LogP contribution < -0.4 is 11.2 Å². The van der Waals surface area contributed by atoms with Crippen molar-refractivity contribution in [1.29, 1.82) is 0 Å². The van der Waals surface area contributed by atoms with Crippen LogP contribution in [0.5, 0.6) is 0 Å². The van der Waals surface area contributed by atoms with Gasteiger partial charge in [0.1, 0.15) is 10.5 Å². The minimum Gasteiger partial charge on any atom is -0.273 e. The fourth-order valence-corrected chi connectivity index (χ4v) is 2.83. The van der Waals surface area contributed by atoms with Gasteiger partial charge in [0.25, 0.3) is 5.56 Å². The number of nitrogens with zero attached hydrogens (tertiary/aromatic N) is 3. The van der Waals surface area contributed by atoms with Crippen molar-refractivity contribution < 1.29 is 12.3 Å². The van der Waals surface area contributed by atoms with E-state index in [2.05, 4.69) is 4.98 Å². The number of fused-ring (bicyclic) bond motifs is 1. The summed E-state index contributed by atoms with van der Waals surface area (Å²) in [5.41, 5.74) is -0.542. The van der Waals surface area contributed by atoms with Crippen molar-refractivity contribution in [3.8, 4) is 0 Å². The van der Waals surface area contributed by atoms with Crippen LogP contribution in [-0.4, -0.2) is 22.5 Å². The van der Waals surface area contributed by atoms with E-state index >= 15 is 0 Å². The first kappa shape index (κ1) is 16.1. The van der Waals surface area contributed by atoms with Crippen molar-refractivity contribution in [2.45, 2.75) is 11.4 Å². The number of pyridine rings is 1. The van der Waals surface area contributed by atoms with Gasteiger partial charge in [-0.05, 0) is 11.6 Å². The Kier molecular flexibility index (Phi) is 3.80. The number of hydrogen-bond acceptors (Lipinski definition) is 5. The van der Waals surface area contributed by atoms with E-state index in [0.29, 0.717) is 0 Å². The van der Waals surface area contributed by atoms with Crippen molar-refractivity contribution in [3.05, 3.63) is 69.0 Å². The average molecular weight is 349 g/mol. The van der Waals surface area contributed by atoms with Gasteiger partial charge < -0.3 is 0 Å². The molecule has 0 fully saturated rings. The molecule has 0 spiro atoms. The Hall–Kier alpha value is -2.81. The Bertz CT molecular complexity index is 1150. The van der Waals surface area contributed by atoms with Crippen LogP contribution in [0.3, 0.4) is 0 Å². The van der Waals surface area contributed by atoms with Gasteiger partial charge in [0.05, 0.1) is 18.1 Å². The van der Waals surface area contributed by atoms with Crippen molar-refractivity contribution >= 4 is 21.3 Å². The number of aromatic nitrogens is 3. The van der Waals surface area contributed by atoms with E-state index in [1.807, 2.05) is 6.07 Å². The van der Waals surface area contributed by atoms with E-state index in [0.717, 1.165) is 22.4 Å². The molecule has 2 aromatic heterocycles. The van der Waals surface area contributed by atoms with Crippen molar-refractivity contribution in [2.75, 3.05) is 0 Å².